The van der Waals surface area contributed by atoms with Crippen LogP contribution < -0.4 is 10.5 Å². The molecule has 0 saturated carbocycles. The fourth-order valence-electron chi connectivity index (χ4n) is 1.69. The first kappa shape index (κ1) is 14.8. The lowest BCUT2D eigenvalue weighted by Gasteiger charge is -2.12. The molecule has 20 heavy (non-hydrogen) atoms. The molecule has 4 nitrogen and oxygen atoms in total. The van der Waals surface area contributed by atoms with Gasteiger partial charge in [-0.2, -0.15) is 0 Å². The highest BCUT2D eigenvalue weighted by Crippen LogP contribution is 2.27. The highest BCUT2D eigenvalue weighted by Gasteiger charge is 2.18. The summed E-state index contributed by atoms with van der Waals surface area (Å²) in [4.78, 5) is 0.0857. The van der Waals surface area contributed by atoms with Crippen molar-refractivity contribution in [2.75, 3.05) is 10.5 Å². The molecule has 0 bridgehead atoms. The van der Waals surface area contributed by atoms with E-state index >= 15 is 0 Å². The Labute approximate surface area is 125 Å². The van der Waals surface area contributed by atoms with Crippen LogP contribution in [0.15, 0.2) is 45.8 Å². The molecule has 0 aliphatic heterocycles. The van der Waals surface area contributed by atoms with Gasteiger partial charge in [0.25, 0.3) is 10.0 Å². The van der Waals surface area contributed by atoms with E-state index in [1.165, 1.54) is 30.3 Å². The van der Waals surface area contributed by atoms with Gasteiger partial charge in [0.15, 0.2) is 0 Å². The normalized spacial score (nSPS) is 11.3. The van der Waals surface area contributed by atoms with Crippen LogP contribution in [0.3, 0.4) is 0 Å². The Kier molecular flexibility index (Phi) is 4.01. The van der Waals surface area contributed by atoms with Crippen molar-refractivity contribution in [3.05, 3.63) is 52.3 Å². The van der Waals surface area contributed by atoms with Crippen molar-refractivity contribution in [2.24, 2.45) is 0 Å². The van der Waals surface area contributed by atoms with Crippen molar-refractivity contribution in [3.8, 4) is 0 Å². The molecule has 0 aliphatic rings. The standard InChI is InChI=1S/C13H12BrFN2O2S/c1-8-6-11(14)12(16)7-13(8)20(18,19)17-10-4-2-9(15)3-5-10/h2-7,17H,16H2,1H3. The van der Waals surface area contributed by atoms with E-state index in [9.17, 15) is 12.8 Å². The van der Waals surface area contributed by atoms with Gasteiger partial charge in [0.2, 0.25) is 0 Å². The topological polar surface area (TPSA) is 72.2 Å². The van der Waals surface area contributed by atoms with Crippen LogP contribution in [0.1, 0.15) is 5.56 Å². The van der Waals surface area contributed by atoms with Gasteiger partial charge in [0, 0.05) is 15.8 Å². The molecule has 0 aromatic heterocycles. The van der Waals surface area contributed by atoms with Gasteiger partial charge in [-0.1, -0.05) is 0 Å². The molecule has 0 amide bonds. The molecule has 7 heteroatoms. The number of halogens is 2. The Morgan fingerprint density at radius 3 is 2.40 bits per heavy atom. The Morgan fingerprint density at radius 2 is 1.80 bits per heavy atom. The van der Waals surface area contributed by atoms with Crippen LogP contribution in [-0.4, -0.2) is 8.42 Å². The number of anilines is 2. The minimum absolute atomic E-state index is 0.0857. The molecule has 0 radical (unpaired) electrons. The van der Waals surface area contributed by atoms with E-state index < -0.39 is 15.8 Å². The van der Waals surface area contributed by atoms with E-state index in [0.29, 0.717) is 15.7 Å². The number of nitrogens with two attached hydrogens (primary N) is 1. The van der Waals surface area contributed by atoms with E-state index in [0.717, 1.165) is 0 Å². The highest BCUT2D eigenvalue weighted by atomic mass is 79.9. The molecule has 2 rings (SSSR count). The molecular formula is C13H12BrFN2O2S. The third-order valence-corrected chi connectivity index (χ3v) is 4.89. The number of benzene rings is 2. The van der Waals surface area contributed by atoms with E-state index in [1.54, 1.807) is 13.0 Å². The fraction of sp³-hybridized carbons (Fsp3) is 0.0769. The second-order valence-corrected chi connectivity index (χ2v) is 6.76. The maximum atomic E-state index is 12.8. The summed E-state index contributed by atoms with van der Waals surface area (Å²) >= 11 is 3.24. The molecule has 2 aromatic rings. The summed E-state index contributed by atoms with van der Waals surface area (Å²) in [6.07, 6.45) is 0. The number of aryl methyl sites for hydroxylation is 1. The smallest absolute Gasteiger partial charge is 0.262 e. The van der Waals surface area contributed by atoms with Crippen LogP contribution in [0.2, 0.25) is 0 Å². The zero-order chi connectivity index (χ0) is 14.9. The summed E-state index contributed by atoms with van der Waals surface area (Å²) in [5.41, 5.74) is 6.88. The number of nitrogen functional groups attached to an aromatic ring is 1. The third-order valence-electron chi connectivity index (χ3n) is 2.68. The lowest BCUT2D eigenvalue weighted by molar-refractivity contribution is 0.600. The summed E-state index contributed by atoms with van der Waals surface area (Å²) in [6.45, 7) is 1.67. The minimum Gasteiger partial charge on any atom is -0.398 e. The lowest BCUT2D eigenvalue weighted by Crippen LogP contribution is -2.14. The summed E-state index contributed by atoms with van der Waals surface area (Å²) < 4.78 is 40.4. The Hall–Kier alpha value is -1.60. The van der Waals surface area contributed by atoms with Gasteiger partial charge in [0.1, 0.15) is 5.82 Å². The van der Waals surface area contributed by atoms with Crippen LogP contribution in [0.5, 0.6) is 0 Å². The van der Waals surface area contributed by atoms with Gasteiger partial charge in [-0.05, 0) is 64.8 Å². The first-order chi connectivity index (χ1) is 9.29. The van der Waals surface area contributed by atoms with Crippen molar-refractivity contribution >= 4 is 37.3 Å². The van der Waals surface area contributed by atoms with Gasteiger partial charge < -0.3 is 5.73 Å². The molecule has 2 aromatic carbocycles. The molecule has 0 heterocycles. The Balaban J connectivity index is 2.40. The number of hydrogen-bond donors (Lipinski definition) is 2. The molecule has 0 unspecified atom stereocenters. The summed E-state index contributed by atoms with van der Waals surface area (Å²) in [7, 11) is -3.77. The van der Waals surface area contributed by atoms with Crippen molar-refractivity contribution in [1.29, 1.82) is 0 Å². The maximum Gasteiger partial charge on any atom is 0.262 e. The number of nitrogens with one attached hydrogen (secondary N) is 1. The second-order valence-electron chi connectivity index (χ2n) is 4.25. The van der Waals surface area contributed by atoms with Crippen LogP contribution in [0, 0.1) is 12.7 Å². The van der Waals surface area contributed by atoms with Gasteiger partial charge in [-0.15, -0.1) is 0 Å². The predicted octanol–water partition coefficient (Wildman–Crippen LogP) is 3.28. The summed E-state index contributed by atoms with van der Waals surface area (Å²) in [5, 5.41) is 0. The third kappa shape index (κ3) is 3.10. The maximum absolute atomic E-state index is 12.8. The molecule has 0 fully saturated rings. The van der Waals surface area contributed by atoms with Crippen molar-refractivity contribution in [2.45, 2.75) is 11.8 Å². The van der Waals surface area contributed by atoms with Gasteiger partial charge >= 0.3 is 0 Å². The Bertz CT molecular complexity index is 746. The second kappa shape index (κ2) is 5.41. The molecular weight excluding hydrogens is 347 g/mol. The molecule has 0 atom stereocenters. The van der Waals surface area contributed by atoms with Gasteiger partial charge in [0.05, 0.1) is 4.90 Å². The predicted molar refractivity (Wildman–Crippen MR) is 80.5 cm³/mol. The first-order valence-corrected chi connectivity index (χ1v) is 7.91. The number of rotatable bonds is 3. The first-order valence-electron chi connectivity index (χ1n) is 5.63. The fourth-order valence-corrected chi connectivity index (χ4v) is 3.47. The SMILES string of the molecule is Cc1cc(Br)c(N)cc1S(=O)(=O)Nc1ccc(F)cc1. The number of hydrogen-bond acceptors (Lipinski definition) is 3. The van der Waals surface area contributed by atoms with E-state index in [1.807, 2.05) is 0 Å². The van der Waals surface area contributed by atoms with Crippen molar-refractivity contribution < 1.29 is 12.8 Å². The van der Waals surface area contributed by atoms with Crippen LogP contribution in [-0.2, 0) is 10.0 Å². The number of sulfonamides is 1. The van der Waals surface area contributed by atoms with E-state index in [4.69, 9.17) is 5.73 Å². The van der Waals surface area contributed by atoms with E-state index in [2.05, 4.69) is 20.7 Å². The average molecular weight is 359 g/mol. The zero-order valence-electron chi connectivity index (χ0n) is 10.5. The van der Waals surface area contributed by atoms with E-state index in [-0.39, 0.29) is 10.6 Å². The van der Waals surface area contributed by atoms with Crippen molar-refractivity contribution in [3.63, 3.8) is 0 Å². The minimum atomic E-state index is -3.77. The average Bonchev–Trinajstić information content (AvgIpc) is 2.36. The summed E-state index contributed by atoms with van der Waals surface area (Å²) in [6, 6.07) is 8.08. The van der Waals surface area contributed by atoms with Crippen molar-refractivity contribution in [1.82, 2.24) is 0 Å². The molecule has 0 spiro atoms. The van der Waals surface area contributed by atoms with Crippen LogP contribution in [0.4, 0.5) is 15.8 Å². The molecule has 106 valence electrons. The molecule has 0 saturated heterocycles. The van der Waals surface area contributed by atoms with Crippen LogP contribution in [0.25, 0.3) is 0 Å². The monoisotopic (exact) mass is 358 g/mol. The lowest BCUT2D eigenvalue weighted by atomic mass is 10.2. The summed E-state index contributed by atoms with van der Waals surface area (Å²) in [5.74, 6) is -0.433. The quantitative estimate of drug-likeness (QED) is 0.827. The Morgan fingerprint density at radius 1 is 1.20 bits per heavy atom. The highest BCUT2D eigenvalue weighted by molar-refractivity contribution is 9.10. The molecule has 3 N–H and O–H groups in total. The zero-order valence-corrected chi connectivity index (χ0v) is 12.9. The largest absolute Gasteiger partial charge is 0.398 e. The molecule has 0 aliphatic carbocycles. The van der Waals surface area contributed by atoms with Crippen LogP contribution >= 0.6 is 15.9 Å². The van der Waals surface area contributed by atoms with Gasteiger partial charge in [-0.25, -0.2) is 12.8 Å². The van der Waals surface area contributed by atoms with Gasteiger partial charge in [-0.3, -0.25) is 4.72 Å².